The maximum Gasteiger partial charge on any atom is 0.0802 e. The Morgan fingerprint density at radius 2 is 1.46 bits per heavy atom. The Morgan fingerprint density at radius 3 is 2.42 bits per heavy atom. The third kappa shape index (κ3) is 1.64. The molecule has 6 rings (SSSR count). The normalized spacial score (nSPS) is 12.0. The molecule has 2 aromatic heterocycles. The molecular formula is C24H16N2. The lowest BCUT2D eigenvalue weighted by atomic mass is 9.93. The lowest BCUT2D eigenvalue weighted by Crippen LogP contribution is -1.90. The Hall–Kier alpha value is -3.39. The first-order chi connectivity index (χ1) is 12.8. The molecule has 0 aliphatic rings. The fourth-order valence-corrected chi connectivity index (χ4v) is 4.45. The van der Waals surface area contributed by atoms with E-state index in [1.807, 2.05) is 12.3 Å². The topological polar surface area (TPSA) is 17.8 Å². The third-order valence-electron chi connectivity index (χ3n) is 5.59. The summed E-state index contributed by atoms with van der Waals surface area (Å²) in [6.07, 6.45) is 4.02. The minimum Gasteiger partial charge on any atom is -0.350 e. The second kappa shape index (κ2) is 4.83. The minimum atomic E-state index is 1.08. The van der Waals surface area contributed by atoms with Gasteiger partial charge in [-0.2, -0.15) is 0 Å². The van der Waals surface area contributed by atoms with Crippen LogP contribution >= 0.6 is 0 Å². The summed E-state index contributed by atoms with van der Waals surface area (Å²) in [5.41, 5.74) is 2.33. The number of rotatable bonds is 0. The first-order valence-corrected chi connectivity index (χ1v) is 8.89. The zero-order valence-electron chi connectivity index (χ0n) is 14.4. The number of nitrogens with zero attached hydrogens (tertiary/aromatic N) is 2. The third-order valence-corrected chi connectivity index (χ3v) is 5.59. The number of fused-ring (bicyclic) bond motifs is 10. The molecule has 4 aromatic carbocycles. The molecule has 26 heavy (non-hydrogen) atoms. The van der Waals surface area contributed by atoms with E-state index in [4.69, 9.17) is 4.98 Å². The van der Waals surface area contributed by atoms with Crippen LogP contribution in [0, 0.1) is 0 Å². The summed E-state index contributed by atoms with van der Waals surface area (Å²) in [5.74, 6) is 0. The zero-order valence-corrected chi connectivity index (χ0v) is 14.4. The van der Waals surface area contributed by atoms with Crippen molar-refractivity contribution >= 4 is 54.1 Å². The molecule has 0 N–H and O–H groups in total. The number of aryl methyl sites for hydroxylation is 1. The van der Waals surface area contributed by atoms with Crippen molar-refractivity contribution < 1.29 is 0 Å². The molecule has 0 aliphatic carbocycles. The average molecular weight is 332 g/mol. The number of pyridine rings is 1. The van der Waals surface area contributed by atoms with Gasteiger partial charge in [0.15, 0.2) is 0 Å². The van der Waals surface area contributed by atoms with Gasteiger partial charge in [0.1, 0.15) is 0 Å². The van der Waals surface area contributed by atoms with Gasteiger partial charge in [-0.15, -0.1) is 0 Å². The molecule has 0 amide bonds. The molecule has 0 saturated carbocycles. The molecule has 2 heterocycles. The van der Waals surface area contributed by atoms with Crippen LogP contribution in [-0.4, -0.2) is 9.55 Å². The van der Waals surface area contributed by atoms with Crippen LogP contribution in [0.5, 0.6) is 0 Å². The van der Waals surface area contributed by atoms with Crippen LogP contribution in [0.2, 0.25) is 0 Å². The van der Waals surface area contributed by atoms with E-state index in [1.54, 1.807) is 0 Å². The molecule has 0 spiro atoms. The van der Waals surface area contributed by atoms with Crippen LogP contribution in [0.3, 0.4) is 0 Å². The van der Waals surface area contributed by atoms with E-state index in [0.717, 1.165) is 5.52 Å². The predicted molar refractivity (Wildman–Crippen MR) is 111 cm³/mol. The van der Waals surface area contributed by atoms with Crippen molar-refractivity contribution in [1.82, 2.24) is 9.55 Å². The molecule has 0 aliphatic heterocycles. The molecule has 0 saturated heterocycles. The molecule has 2 nitrogen and oxygen atoms in total. The van der Waals surface area contributed by atoms with Crippen molar-refractivity contribution in [2.24, 2.45) is 7.05 Å². The van der Waals surface area contributed by atoms with Gasteiger partial charge in [-0.3, -0.25) is 4.98 Å². The van der Waals surface area contributed by atoms with Crippen molar-refractivity contribution in [1.29, 1.82) is 0 Å². The summed E-state index contributed by atoms with van der Waals surface area (Å²) in [6, 6.07) is 24.1. The maximum absolute atomic E-state index is 4.73. The molecule has 0 fully saturated rings. The monoisotopic (exact) mass is 332 g/mol. The highest BCUT2D eigenvalue weighted by Gasteiger charge is 2.14. The second-order valence-electron chi connectivity index (χ2n) is 6.96. The van der Waals surface area contributed by atoms with Gasteiger partial charge in [0, 0.05) is 41.0 Å². The van der Waals surface area contributed by atoms with E-state index >= 15 is 0 Å². The fraction of sp³-hybridized carbons (Fsp3) is 0.0417. The Bertz CT molecular complexity index is 1490. The number of aromatic nitrogens is 2. The summed E-state index contributed by atoms with van der Waals surface area (Å²) in [6.45, 7) is 0. The highest BCUT2D eigenvalue weighted by atomic mass is 14.9. The Morgan fingerprint density at radius 1 is 0.654 bits per heavy atom. The maximum atomic E-state index is 4.73. The van der Waals surface area contributed by atoms with Crippen molar-refractivity contribution in [3.63, 3.8) is 0 Å². The molecule has 0 bridgehead atoms. The summed E-state index contributed by atoms with van der Waals surface area (Å²) in [4.78, 5) is 4.73. The standard InChI is InChI=1S/C24H16N2/c1-26-14-12-21-23-19(7-4-13-25-23)22-18-9-8-15-5-2-3-6-16(15)17(18)10-11-20(22)24(21)26/h2-14H,1H3. The van der Waals surface area contributed by atoms with Crippen molar-refractivity contribution in [2.45, 2.75) is 0 Å². The first kappa shape index (κ1) is 13.9. The minimum absolute atomic E-state index is 1.08. The summed E-state index contributed by atoms with van der Waals surface area (Å²) in [5, 5.41) is 10.2. The van der Waals surface area contributed by atoms with Crippen LogP contribution in [0.15, 0.2) is 79.1 Å². The van der Waals surface area contributed by atoms with Crippen LogP contribution < -0.4 is 0 Å². The van der Waals surface area contributed by atoms with E-state index < -0.39 is 0 Å². The Balaban J connectivity index is 2.00. The summed E-state index contributed by atoms with van der Waals surface area (Å²) in [7, 11) is 2.11. The molecule has 122 valence electrons. The van der Waals surface area contributed by atoms with Crippen LogP contribution in [0.25, 0.3) is 54.1 Å². The van der Waals surface area contributed by atoms with E-state index in [9.17, 15) is 0 Å². The number of hydrogen-bond acceptors (Lipinski definition) is 1. The first-order valence-electron chi connectivity index (χ1n) is 8.89. The average Bonchev–Trinajstić information content (AvgIpc) is 3.09. The van der Waals surface area contributed by atoms with Gasteiger partial charge >= 0.3 is 0 Å². The largest absolute Gasteiger partial charge is 0.350 e. The molecule has 0 unspecified atom stereocenters. The SMILES string of the molecule is Cn1ccc2c3ncccc3c3c4ccc5ccccc5c4ccc3c21. The van der Waals surface area contributed by atoms with Gasteiger partial charge in [-0.25, -0.2) is 0 Å². The van der Waals surface area contributed by atoms with Gasteiger partial charge in [0.25, 0.3) is 0 Å². The van der Waals surface area contributed by atoms with Gasteiger partial charge in [0.05, 0.1) is 11.0 Å². The van der Waals surface area contributed by atoms with Crippen molar-refractivity contribution in [3.8, 4) is 0 Å². The van der Waals surface area contributed by atoms with E-state index in [1.165, 1.54) is 48.6 Å². The van der Waals surface area contributed by atoms with Crippen molar-refractivity contribution in [2.75, 3.05) is 0 Å². The van der Waals surface area contributed by atoms with E-state index in [2.05, 4.69) is 78.5 Å². The van der Waals surface area contributed by atoms with Gasteiger partial charge < -0.3 is 4.57 Å². The predicted octanol–water partition coefficient (Wildman–Crippen LogP) is 6.19. The summed E-state index contributed by atoms with van der Waals surface area (Å²) < 4.78 is 2.21. The molecule has 6 aromatic rings. The van der Waals surface area contributed by atoms with Crippen LogP contribution in [0.1, 0.15) is 0 Å². The lowest BCUT2D eigenvalue weighted by molar-refractivity contribution is 0.973. The molecule has 0 radical (unpaired) electrons. The molecule has 0 atom stereocenters. The van der Waals surface area contributed by atoms with Crippen LogP contribution in [-0.2, 0) is 7.05 Å². The highest BCUT2D eigenvalue weighted by Crippen LogP contribution is 2.39. The highest BCUT2D eigenvalue weighted by molar-refractivity contribution is 6.31. The zero-order chi connectivity index (χ0) is 17.3. The van der Waals surface area contributed by atoms with E-state index in [0.29, 0.717) is 0 Å². The van der Waals surface area contributed by atoms with E-state index in [-0.39, 0.29) is 0 Å². The fourth-order valence-electron chi connectivity index (χ4n) is 4.45. The summed E-state index contributed by atoms with van der Waals surface area (Å²) >= 11 is 0. The smallest absolute Gasteiger partial charge is 0.0802 e. The number of hydrogen-bond donors (Lipinski definition) is 0. The molecular weight excluding hydrogens is 316 g/mol. The quantitative estimate of drug-likeness (QED) is 0.303. The Kier molecular flexibility index (Phi) is 2.57. The van der Waals surface area contributed by atoms with Crippen molar-refractivity contribution in [3.05, 3.63) is 79.1 Å². The van der Waals surface area contributed by atoms with Gasteiger partial charge in [-0.05, 0) is 33.7 Å². The van der Waals surface area contributed by atoms with Gasteiger partial charge in [0.2, 0.25) is 0 Å². The van der Waals surface area contributed by atoms with Crippen LogP contribution in [0.4, 0.5) is 0 Å². The lowest BCUT2D eigenvalue weighted by Gasteiger charge is -2.12. The number of benzene rings is 4. The molecule has 2 heteroatoms. The Labute approximate surface area is 150 Å². The van der Waals surface area contributed by atoms with Gasteiger partial charge in [-0.1, -0.05) is 54.6 Å². The second-order valence-corrected chi connectivity index (χ2v) is 6.96.